The van der Waals surface area contributed by atoms with E-state index in [0.717, 1.165) is 12.0 Å². The lowest BCUT2D eigenvalue weighted by Crippen LogP contribution is -2.42. The normalized spacial score (nSPS) is 32.0. The molecule has 1 rings (SSSR count). The molecule has 0 aromatic rings. The topological polar surface area (TPSA) is 12.0 Å². The average molecular weight is 169 g/mol. The van der Waals surface area contributed by atoms with Crippen LogP contribution in [0, 0.1) is 11.3 Å². The summed E-state index contributed by atoms with van der Waals surface area (Å²) in [6.07, 6.45) is 4.07. The predicted molar refractivity (Wildman–Crippen MR) is 54.3 cm³/mol. The van der Waals surface area contributed by atoms with Crippen LogP contribution in [-0.2, 0) is 0 Å². The van der Waals surface area contributed by atoms with Crippen molar-refractivity contribution < 1.29 is 0 Å². The Hall–Kier alpha value is -0.0400. The Morgan fingerprint density at radius 1 is 1.25 bits per heavy atom. The molecule has 0 amide bonds. The molecule has 1 heteroatoms. The van der Waals surface area contributed by atoms with Crippen molar-refractivity contribution in [1.29, 1.82) is 0 Å². The van der Waals surface area contributed by atoms with Crippen molar-refractivity contribution in [1.82, 2.24) is 5.32 Å². The molecule has 1 aliphatic rings. The molecule has 1 heterocycles. The Morgan fingerprint density at radius 3 is 2.25 bits per heavy atom. The molecule has 0 spiro atoms. The van der Waals surface area contributed by atoms with E-state index in [-0.39, 0.29) is 0 Å². The zero-order valence-corrected chi connectivity index (χ0v) is 8.98. The van der Waals surface area contributed by atoms with Gasteiger partial charge in [-0.3, -0.25) is 0 Å². The number of piperidine rings is 1. The third-order valence-electron chi connectivity index (χ3n) is 3.23. The molecule has 0 aliphatic carbocycles. The second-order valence-electron chi connectivity index (χ2n) is 5.15. The van der Waals surface area contributed by atoms with Crippen LogP contribution in [0.5, 0.6) is 0 Å². The van der Waals surface area contributed by atoms with Gasteiger partial charge in [0.05, 0.1) is 0 Å². The van der Waals surface area contributed by atoms with E-state index in [1.165, 1.54) is 25.8 Å². The highest BCUT2D eigenvalue weighted by molar-refractivity contribution is 4.83. The van der Waals surface area contributed by atoms with Gasteiger partial charge >= 0.3 is 0 Å². The van der Waals surface area contributed by atoms with E-state index in [2.05, 4.69) is 33.0 Å². The van der Waals surface area contributed by atoms with Crippen LogP contribution >= 0.6 is 0 Å². The van der Waals surface area contributed by atoms with Crippen LogP contribution in [0.25, 0.3) is 0 Å². The maximum atomic E-state index is 3.63. The number of rotatable bonds is 1. The summed E-state index contributed by atoms with van der Waals surface area (Å²) < 4.78 is 0. The van der Waals surface area contributed by atoms with E-state index in [1.54, 1.807) is 0 Å². The molecule has 0 aromatic heterocycles. The molecule has 72 valence electrons. The van der Waals surface area contributed by atoms with Gasteiger partial charge in [0, 0.05) is 6.04 Å². The summed E-state index contributed by atoms with van der Waals surface area (Å²) >= 11 is 0. The first kappa shape index (κ1) is 10.0. The van der Waals surface area contributed by atoms with E-state index in [9.17, 15) is 0 Å². The van der Waals surface area contributed by atoms with Gasteiger partial charge in [-0.25, -0.2) is 0 Å². The fraction of sp³-hybridized carbons (Fsp3) is 1.00. The standard InChI is InChI=1S/C11H23N/c1-5-10-7-6-9(8-12-10)11(2,3)4/h9-10,12H,5-8H2,1-4H3/t9?,10-/m0/s1. The average Bonchev–Trinajstić information content (AvgIpc) is 2.03. The van der Waals surface area contributed by atoms with Gasteiger partial charge in [-0.05, 0) is 37.1 Å². The van der Waals surface area contributed by atoms with Crippen LogP contribution in [0.15, 0.2) is 0 Å². The summed E-state index contributed by atoms with van der Waals surface area (Å²) in [6.45, 7) is 10.6. The number of hydrogen-bond donors (Lipinski definition) is 1. The van der Waals surface area contributed by atoms with Gasteiger partial charge in [0.15, 0.2) is 0 Å². The molecule has 2 atom stereocenters. The van der Waals surface area contributed by atoms with E-state index in [1.807, 2.05) is 0 Å². The predicted octanol–water partition coefficient (Wildman–Crippen LogP) is 2.81. The lowest BCUT2D eigenvalue weighted by molar-refractivity contribution is 0.170. The molecule has 1 nitrogen and oxygen atoms in total. The van der Waals surface area contributed by atoms with Crippen molar-refractivity contribution in [3.63, 3.8) is 0 Å². The Labute approximate surface area is 76.9 Å². The van der Waals surface area contributed by atoms with Crippen molar-refractivity contribution in [2.45, 2.75) is 53.0 Å². The van der Waals surface area contributed by atoms with Crippen LogP contribution in [0.4, 0.5) is 0 Å². The Kier molecular flexibility index (Phi) is 3.16. The van der Waals surface area contributed by atoms with E-state index < -0.39 is 0 Å². The molecule has 0 bridgehead atoms. The van der Waals surface area contributed by atoms with Crippen molar-refractivity contribution in [2.75, 3.05) is 6.54 Å². The lowest BCUT2D eigenvalue weighted by atomic mass is 9.75. The third kappa shape index (κ3) is 2.48. The van der Waals surface area contributed by atoms with Gasteiger partial charge in [-0.2, -0.15) is 0 Å². The maximum Gasteiger partial charge on any atom is 0.00646 e. The summed E-state index contributed by atoms with van der Waals surface area (Å²) in [5.41, 5.74) is 0.492. The zero-order valence-electron chi connectivity index (χ0n) is 8.98. The Morgan fingerprint density at radius 2 is 1.92 bits per heavy atom. The largest absolute Gasteiger partial charge is 0.314 e. The number of nitrogens with one attached hydrogen (secondary N) is 1. The Bertz CT molecular complexity index is 126. The summed E-state index contributed by atoms with van der Waals surface area (Å²) in [6, 6.07) is 0.795. The van der Waals surface area contributed by atoms with Gasteiger partial charge < -0.3 is 5.32 Å². The summed E-state index contributed by atoms with van der Waals surface area (Å²) in [5.74, 6) is 0.875. The highest BCUT2D eigenvalue weighted by Gasteiger charge is 2.28. The molecular weight excluding hydrogens is 146 g/mol. The lowest BCUT2D eigenvalue weighted by Gasteiger charge is -2.37. The molecule has 1 N–H and O–H groups in total. The first-order chi connectivity index (χ1) is 5.54. The van der Waals surface area contributed by atoms with Crippen LogP contribution in [0.3, 0.4) is 0 Å². The Balaban J connectivity index is 2.36. The molecule has 1 fully saturated rings. The molecule has 0 radical (unpaired) electrons. The van der Waals surface area contributed by atoms with Crippen LogP contribution < -0.4 is 5.32 Å². The van der Waals surface area contributed by atoms with Crippen molar-refractivity contribution in [2.24, 2.45) is 11.3 Å². The van der Waals surface area contributed by atoms with Gasteiger partial charge in [-0.1, -0.05) is 27.7 Å². The van der Waals surface area contributed by atoms with Crippen molar-refractivity contribution >= 4 is 0 Å². The molecular formula is C11H23N. The van der Waals surface area contributed by atoms with Crippen LogP contribution in [0.1, 0.15) is 47.0 Å². The van der Waals surface area contributed by atoms with Gasteiger partial charge in [0.1, 0.15) is 0 Å². The minimum Gasteiger partial charge on any atom is -0.314 e. The highest BCUT2D eigenvalue weighted by Crippen LogP contribution is 2.32. The van der Waals surface area contributed by atoms with E-state index in [0.29, 0.717) is 5.41 Å². The molecule has 12 heavy (non-hydrogen) atoms. The summed E-state index contributed by atoms with van der Waals surface area (Å²) in [5, 5.41) is 3.63. The third-order valence-corrected chi connectivity index (χ3v) is 3.23. The van der Waals surface area contributed by atoms with Crippen molar-refractivity contribution in [3.05, 3.63) is 0 Å². The zero-order chi connectivity index (χ0) is 9.19. The first-order valence-corrected chi connectivity index (χ1v) is 5.27. The van der Waals surface area contributed by atoms with E-state index in [4.69, 9.17) is 0 Å². The van der Waals surface area contributed by atoms with E-state index >= 15 is 0 Å². The quantitative estimate of drug-likeness (QED) is 0.636. The van der Waals surface area contributed by atoms with Crippen LogP contribution in [0.2, 0.25) is 0 Å². The monoisotopic (exact) mass is 169 g/mol. The molecule has 0 saturated carbocycles. The summed E-state index contributed by atoms with van der Waals surface area (Å²) in [7, 11) is 0. The SMILES string of the molecule is CC[C@H]1CCC(C(C)(C)C)CN1. The van der Waals surface area contributed by atoms with Crippen LogP contribution in [-0.4, -0.2) is 12.6 Å². The fourth-order valence-electron chi connectivity index (χ4n) is 2.00. The van der Waals surface area contributed by atoms with Crippen molar-refractivity contribution in [3.8, 4) is 0 Å². The second-order valence-corrected chi connectivity index (χ2v) is 5.15. The van der Waals surface area contributed by atoms with Gasteiger partial charge in [0.25, 0.3) is 0 Å². The second kappa shape index (κ2) is 3.78. The molecule has 1 aliphatic heterocycles. The minimum absolute atomic E-state index is 0.492. The van der Waals surface area contributed by atoms with Gasteiger partial charge in [-0.15, -0.1) is 0 Å². The fourth-order valence-corrected chi connectivity index (χ4v) is 2.00. The number of hydrogen-bond acceptors (Lipinski definition) is 1. The molecule has 0 aromatic carbocycles. The molecule has 1 saturated heterocycles. The van der Waals surface area contributed by atoms with Gasteiger partial charge in [0.2, 0.25) is 0 Å². The minimum atomic E-state index is 0.492. The first-order valence-electron chi connectivity index (χ1n) is 5.27. The maximum absolute atomic E-state index is 3.63. The summed E-state index contributed by atoms with van der Waals surface area (Å²) in [4.78, 5) is 0. The smallest absolute Gasteiger partial charge is 0.00646 e. The highest BCUT2D eigenvalue weighted by atomic mass is 14.9. The molecule has 1 unspecified atom stereocenters.